The first-order valence-electron chi connectivity index (χ1n) is 7.20. The molecule has 0 amide bonds. The molecule has 0 spiro atoms. The molecule has 1 N–H and O–H groups in total. The number of rotatable bonds is 7. The standard InChI is InChI=1S/C14H21N3O4/c1-3-7-17(11-9-20-8-10(11)13(18)19)14-15-6-5-12(16-14)21-4-2/h5-6,10-11H,3-4,7-9H2,1-2H3,(H,18,19). The second-order valence-corrected chi connectivity index (χ2v) is 4.87. The number of aromatic nitrogens is 2. The largest absolute Gasteiger partial charge is 0.481 e. The summed E-state index contributed by atoms with van der Waals surface area (Å²) in [5.74, 6) is -0.422. The summed E-state index contributed by atoms with van der Waals surface area (Å²) in [6.45, 7) is 5.72. The van der Waals surface area contributed by atoms with Gasteiger partial charge in [-0.25, -0.2) is 4.98 Å². The maximum Gasteiger partial charge on any atom is 0.311 e. The average molecular weight is 295 g/mol. The lowest BCUT2D eigenvalue weighted by molar-refractivity contribution is -0.142. The van der Waals surface area contributed by atoms with Crippen LogP contribution < -0.4 is 9.64 Å². The van der Waals surface area contributed by atoms with Crippen molar-refractivity contribution in [3.05, 3.63) is 12.3 Å². The van der Waals surface area contributed by atoms with Gasteiger partial charge in [-0.05, 0) is 13.3 Å². The Kier molecular flexibility index (Phi) is 5.32. The summed E-state index contributed by atoms with van der Waals surface area (Å²) in [5, 5.41) is 9.31. The van der Waals surface area contributed by atoms with Gasteiger partial charge in [-0.1, -0.05) is 6.92 Å². The third kappa shape index (κ3) is 3.60. The second kappa shape index (κ2) is 7.21. The molecule has 1 fully saturated rings. The molecule has 0 aliphatic carbocycles. The number of carboxylic acid groups (broad SMARTS) is 1. The Morgan fingerprint density at radius 3 is 3.00 bits per heavy atom. The lowest BCUT2D eigenvalue weighted by Crippen LogP contribution is -2.44. The van der Waals surface area contributed by atoms with Crippen molar-refractivity contribution in [2.24, 2.45) is 5.92 Å². The molecule has 0 bridgehead atoms. The molecule has 1 aliphatic heterocycles. The lowest BCUT2D eigenvalue weighted by atomic mass is 10.0. The maximum absolute atomic E-state index is 11.3. The fourth-order valence-corrected chi connectivity index (χ4v) is 2.44. The summed E-state index contributed by atoms with van der Waals surface area (Å²) in [4.78, 5) is 21.9. The Morgan fingerprint density at radius 1 is 1.52 bits per heavy atom. The molecule has 1 aromatic heterocycles. The summed E-state index contributed by atoms with van der Waals surface area (Å²) < 4.78 is 10.7. The van der Waals surface area contributed by atoms with Crippen LogP contribution in [-0.2, 0) is 9.53 Å². The van der Waals surface area contributed by atoms with Crippen LogP contribution in [0.2, 0.25) is 0 Å². The van der Waals surface area contributed by atoms with Crippen LogP contribution >= 0.6 is 0 Å². The van der Waals surface area contributed by atoms with E-state index < -0.39 is 11.9 Å². The molecular formula is C14H21N3O4. The van der Waals surface area contributed by atoms with E-state index in [0.717, 1.165) is 6.42 Å². The van der Waals surface area contributed by atoms with Crippen molar-refractivity contribution in [1.82, 2.24) is 9.97 Å². The highest BCUT2D eigenvalue weighted by atomic mass is 16.5. The topological polar surface area (TPSA) is 84.8 Å². The molecule has 7 nitrogen and oxygen atoms in total. The number of hydrogen-bond acceptors (Lipinski definition) is 6. The number of carbonyl (C=O) groups is 1. The minimum atomic E-state index is -0.848. The SMILES string of the molecule is CCCN(c1nccc(OCC)n1)C1COCC1C(=O)O. The first kappa shape index (κ1) is 15.5. The van der Waals surface area contributed by atoms with Gasteiger partial charge in [-0.15, -0.1) is 0 Å². The van der Waals surface area contributed by atoms with Crippen molar-refractivity contribution in [2.75, 3.05) is 31.3 Å². The summed E-state index contributed by atoms with van der Waals surface area (Å²) in [6, 6.07) is 1.44. The van der Waals surface area contributed by atoms with E-state index in [9.17, 15) is 9.90 Å². The van der Waals surface area contributed by atoms with E-state index >= 15 is 0 Å². The van der Waals surface area contributed by atoms with Gasteiger partial charge in [0.15, 0.2) is 0 Å². The molecule has 2 unspecified atom stereocenters. The van der Waals surface area contributed by atoms with Crippen LogP contribution in [0.4, 0.5) is 5.95 Å². The molecule has 21 heavy (non-hydrogen) atoms. The second-order valence-electron chi connectivity index (χ2n) is 4.87. The summed E-state index contributed by atoms with van der Waals surface area (Å²) >= 11 is 0. The third-order valence-electron chi connectivity index (χ3n) is 3.40. The van der Waals surface area contributed by atoms with Crippen LogP contribution in [0, 0.1) is 5.92 Å². The highest BCUT2D eigenvalue weighted by molar-refractivity contribution is 5.72. The Bertz CT molecular complexity index is 483. The quantitative estimate of drug-likeness (QED) is 0.808. The summed E-state index contributed by atoms with van der Waals surface area (Å²) in [7, 11) is 0. The van der Waals surface area contributed by atoms with Gasteiger partial charge in [0.05, 0.1) is 25.9 Å². The molecule has 7 heteroatoms. The van der Waals surface area contributed by atoms with Crippen molar-refractivity contribution < 1.29 is 19.4 Å². The molecule has 2 atom stereocenters. The van der Waals surface area contributed by atoms with Crippen LogP contribution in [0.5, 0.6) is 5.88 Å². The number of nitrogens with zero attached hydrogens (tertiary/aromatic N) is 3. The van der Waals surface area contributed by atoms with E-state index in [-0.39, 0.29) is 12.6 Å². The zero-order valence-electron chi connectivity index (χ0n) is 12.4. The minimum absolute atomic E-state index is 0.228. The molecule has 1 saturated heterocycles. The summed E-state index contributed by atoms with van der Waals surface area (Å²) in [5.41, 5.74) is 0. The van der Waals surface area contributed by atoms with Crippen LogP contribution in [0.25, 0.3) is 0 Å². The highest BCUT2D eigenvalue weighted by Crippen LogP contribution is 2.24. The third-order valence-corrected chi connectivity index (χ3v) is 3.40. The van der Waals surface area contributed by atoms with Crippen molar-refractivity contribution in [3.8, 4) is 5.88 Å². The van der Waals surface area contributed by atoms with E-state index in [1.54, 1.807) is 12.3 Å². The highest BCUT2D eigenvalue weighted by Gasteiger charge is 2.38. The van der Waals surface area contributed by atoms with Gasteiger partial charge in [0.25, 0.3) is 0 Å². The zero-order valence-corrected chi connectivity index (χ0v) is 12.4. The Labute approximate surface area is 123 Å². The van der Waals surface area contributed by atoms with Crippen molar-refractivity contribution in [2.45, 2.75) is 26.3 Å². The van der Waals surface area contributed by atoms with E-state index in [0.29, 0.717) is 31.6 Å². The van der Waals surface area contributed by atoms with Crippen LogP contribution in [0.1, 0.15) is 20.3 Å². The van der Waals surface area contributed by atoms with Gasteiger partial charge in [-0.2, -0.15) is 4.98 Å². The molecule has 0 aromatic carbocycles. The smallest absolute Gasteiger partial charge is 0.311 e. The van der Waals surface area contributed by atoms with E-state index in [2.05, 4.69) is 9.97 Å². The van der Waals surface area contributed by atoms with Gasteiger partial charge in [0, 0.05) is 18.8 Å². The van der Waals surface area contributed by atoms with E-state index in [4.69, 9.17) is 9.47 Å². The molecule has 2 heterocycles. The van der Waals surface area contributed by atoms with Crippen molar-refractivity contribution in [1.29, 1.82) is 0 Å². The van der Waals surface area contributed by atoms with Gasteiger partial charge < -0.3 is 19.5 Å². The fraction of sp³-hybridized carbons (Fsp3) is 0.643. The van der Waals surface area contributed by atoms with Gasteiger partial charge >= 0.3 is 5.97 Å². The van der Waals surface area contributed by atoms with Gasteiger partial charge in [0.1, 0.15) is 5.92 Å². The molecule has 2 rings (SSSR count). The van der Waals surface area contributed by atoms with Crippen molar-refractivity contribution in [3.63, 3.8) is 0 Å². The first-order valence-corrected chi connectivity index (χ1v) is 7.20. The number of aliphatic carboxylic acids is 1. The molecule has 116 valence electrons. The zero-order chi connectivity index (χ0) is 15.2. The lowest BCUT2D eigenvalue weighted by Gasteiger charge is -2.30. The van der Waals surface area contributed by atoms with Crippen LogP contribution in [0.3, 0.4) is 0 Å². The Balaban J connectivity index is 2.25. The van der Waals surface area contributed by atoms with Crippen LogP contribution in [0.15, 0.2) is 12.3 Å². The monoisotopic (exact) mass is 295 g/mol. The Hall–Kier alpha value is -1.89. The molecule has 1 aliphatic rings. The predicted molar refractivity (Wildman–Crippen MR) is 76.6 cm³/mol. The average Bonchev–Trinajstić information content (AvgIpc) is 2.94. The number of anilines is 1. The summed E-state index contributed by atoms with van der Waals surface area (Å²) in [6.07, 6.45) is 2.49. The minimum Gasteiger partial charge on any atom is -0.481 e. The number of hydrogen-bond donors (Lipinski definition) is 1. The molecule has 0 saturated carbocycles. The molecule has 0 radical (unpaired) electrons. The maximum atomic E-state index is 11.3. The van der Waals surface area contributed by atoms with E-state index in [1.807, 2.05) is 18.7 Å². The van der Waals surface area contributed by atoms with Crippen LogP contribution in [-0.4, -0.2) is 53.5 Å². The van der Waals surface area contributed by atoms with Gasteiger partial charge in [0.2, 0.25) is 11.8 Å². The number of carboxylic acids is 1. The normalized spacial score (nSPS) is 21.2. The van der Waals surface area contributed by atoms with Gasteiger partial charge in [-0.3, -0.25) is 4.79 Å². The Morgan fingerprint density at radius 2 is 2.33 bits per heavy atom. The van der Waals surface area contributed by atoms with E-state index in [1.165, 1.54) is 0 Å². The molecular weight excluding hydrogens is 274 g/mol. The fourth-order valence-electron chi connectivity index (χ4n) is 2.44. The van der Waals surface area contributed by atoms with Crippen molar-refractivity contribution >= 4 is 11.9 Å². The predicted octanol–water partition coefficient (Wildman–Crippen LogP) is 1.19. The number of ether oxygens (including phenoxy) is 2. The molecule has 1 aromatic rings. The first-order chi connectivity index (χ1) is 10.2.